The molecule has 1 aromatic carbocycles. The fourth-order valence-electron chi connectivity index (χ4n) is 1.95. The van der Waals surface area contributed by atoms with Gasteiger partial charge in [-0.25, -0.2) is 0 Å². The summed E-state index contributed by atoms with van der Waals surface area (Å²) in [4.78, 5) is 4.85. The molecule has 0 aromatic heterocycles. The number of nitrogens with one attached hydrogen (secondary N) is 1. The largest absolute Gasteiger partial charge is 0.490 e. The van der Waals surface area contributed by atoms with Gasteiger partial charge in [0.1, 0.15) is 5.75 Å². The minimum absolute atomic E-state index is 0.405. The van der Waals surface area contributed by atoms with E-state index >= 15 is 0 Å². The topological polar surface area (TPSA) is 30.5 Å². The molecule has 3 heteroatoms. The molecule has 1 aromatic rings. The van der Waals surface area contributed by atoms with E-state index in [9.17, 15) is 0 Å². The van der Waals surface area contributed by atoms with Crippen molar-refractivity contribution in [1.82, 2.24) is 0 Å². The lowest BCUT2D eigenvalue weighted by molar-refractivity contribution is 0.209. The molecule has 1 saturated carbocycles. The first-order chi connectivity index (χ1) is 7.38. The van der Waals surface area contributed by atoms with Crippen LogP contribution in [0.4, 0.5) is 5.69 Å². The zero-order chi connectivity index (χ0) is 10.5. The van der Waals surface area contributed by atoms with Crippen molar-refractivity contribution >= 4 is 5.69 Å². The van der Waals surface area contributed by atoms with E-state index in [2.05, 4.69) is 5.48 Å². The lowest BCUT2D eigenvalue weighted by atomic mass is 10.3. The second kappa shape index (κ2) is 5.03. The van der Waals surface area contributed by atoms with Crippen LogP contribution in [0.2, 0.25) is 0 Å². The van der Waals surface area contributed by atoms with E-state index in [1.807, 2.05) is 24.3 Å². The second-order valence-electron chi connectivity index (χ2n) is 3.86. The van der Waals surface area contributed by atoms with Gasteiger partial charge in [-0.3, -0.25) is 10.3 Å². The van der Waals surface area contributed by atoms with Crippen LogP contribution in [0.25, 0.3) is 0 Å². The van der Waals surface area contributed by atoms with Crippen molar-refractivity contribution in [1.29, 1.82) is 0 Å². The highest BCUT2D eigenvalue weighted by molar-refractivity contribution is 5.46. The number of ether oxygens (including phenoxy) is 1. The Balaban J connectivity index is 1.97. The summed E-state index contributed by atoms with van der Waals surface area (Å²) in [5, 5.41) is 0. The van der Waals surface area contributed by atoms with Crippen molar-refractivity contribution in [3.05, 3.63) is 24.3 Å². The van der Waals surface area contributed by atoms with E-state index in [4.69, 9.17) is 9.57 Å². The number of hydrogen-bond donors (Lipinski definition) is 1. The van der Waals surface area contributed by atoms with Gasteiger partial charge in [-0.1, -0.05) is 6.07 Å². The van der Waals surface area contributed by atoms with Gasteiger partial charge in [-0.15, -0.1) is 0 Å². The fraction of sp³-hybridized carbons (Fsp3) is 0.500. The number of anilines is 1. The third-order valence-electron chi connectivity index (χ3n) is 2.66. The lowest BCUT2D eigenvalue weighted by Gasteiger charge is -2.13. The Kier molecular flexibility index (Phi) is 3.45. The molecule has 1 aliphatic carbocycles. The molecule has 3 nitrogen and oxygen atoms in total. The summed E-state index contributed by atoms with van der Waals surface area (Å²) in [6, 6.07) is 7.86. The molecule has 0 saturated heterocycles. The highest BCUT2D eigenvalue weighted by Gasteiger charge is 2.16. The molecule has 0 unspecified atom stereocenters. The highest BCUT2D eigenvalue weighted by atomic mass is 16.6. The molecule has 2 rings (SSSR count). The Hall–Kier alpha value is -1.22. The maximum absolute atomic E-state index is 5.87. The van der Waals surface area contributed by atoms with Crippen LogP contribution in [-0.2, 0) is 4.84 Å². The van der Waals surface area contributed by atoms with Gasteiger partial charge in [0.2, 0.25) is 0 Å². The second-order valence-corrected chi connectivity index (χ2v) is 3.86. The minimum atomic E-state index is 0.405. The van der Waals surface area contributed by atoms with Gasteiger partial charge < -0.3 is 4.74 Å². The highest BCUT2D eigenvalue weighted by Crippen LogP contribution is 2.25. The third-order valence-corrected chi connectivity index (χ3v) is 2.66. The van der Waals surface area contributed by atoms with Crippen LogP contribution in [0, 0.1) is 0 Å². The summed E-state index contributed by atoms with van der Waals surface area (Å²) in [5.41, 5.74) is 3.72. The van der Waals surface area contributed by atoms with Gasteiger partial charge in [-0.2, -0.15) is 0 Å². The third kappa shape index (κ3) is 2.86. The molecule has 0 bridgehead atoms. The Morgan fingerprint density at radius 1 is 1.27 bits per heavy atom. The quantitative estimate of drug-likeness (QED) is 0.770. The Morgan fingerprint density at radius 2 is 2.07 bits per heavy atom. The van der Waals surface area contributed by atoms with Crippen LogP contribution in [0.1, 0.15) is 25.7 Å². The van der Waals surface area contributed by atoms with E-state index in [1.54, 1.807) is 7.11 Å². The molecule has 0 spiro atoms. The first kappa shape index (κ1) is 10.3. The predicted octanol–water partition coefficient (Wildman–Crippen LogP) is 2.98. The minimum Gasteiger partial charge on any atom is -0.490 e. The summed E-state index contributed by atoms with van der Waals surface area (Å²) in [6.45, 7) is 0. The maximum Gasteiger partial charge on any atom is 0.121 e. The van der Waals surface area contributed by atoms with Crippen molar-refractivity contribution in [2.24, 2.45) is 0 Å². The Bertz CT molecular complexity index is 308. The van der Waals surface area contributed by atoms with Gasteiger partial charge in [0.25, 0.3) is 0 Å². The molecule has 0 radical (unpaired) electrons. The van der Waals surface area contributed by atoms with Gasteiger partial charge >= 0.3 is 0 Å². The number of hydrogen-bond acceptors (Lipinski definition) is 3. The average Bonchev–Trinajstić information content (AvgIpc) is 2.71. The summed E-state index contributed by atoms with van der Waals surface area (Å²) in [5.74, 6) is 0.920. The SMILES string of the molecule is CONc1cccc(OC2CCCC2)c1. The standard InChI is InChI=1S/C12H17NO2/c1-14-13-10-5-4-8-12(9-10)15-11-6-2-3-7-11/h4-5,8-9,11,13H,2-3,6-7H2,1H3. The molecule has 82 valence electrons. The fourth-order valence-corrected chi connectivity index (χ4v) is 1.95. The van der Waals surface area contributed by atoms with Crippen LogP contribution in [0.5, 0.6) is 5.75 Å². The Morgan fingerprint density at radius 3 is 2.80 bits per heavy atom. The van der Waals surface area contributed by atoms with Gasteiger partial charge in [-0.05, 0) is 37.8 Å². The normalized spacial score (nSPS) is 16.6. The van der Waals surface area contributed by atoms with E-state index in [-0.39, 0.29) is 0 Å². The smallest absolute Gasteiger partial charge is 0.121 e. The zero-order valence-corrected chi connectivity index (χ0v) is 9.03. The van der Waals surface area contributed by atoms with Gasteiger partial charge in [0, 0.05) is 6.07 Å². The Labute approximate surface area is 90.3 Å². The molecule has 1 N–H and O–H groups in total. The summed E-state index contributed by atoms with van der Waals surface area (Å²) in [6.07, 6.45) is 5.35. The van der Waals surface area contributed by atoms with Gasteiger partial charge in [0.05, 0.1) is 18.9 Å². The van der Waals surface area contributed by atoms with Crippen LogP contribution >= 0.6 is 0 Å². The summed E-state index contributed by atoms with van der Waals surface area (Å²) < 4.78 is 5.87. The molecule has 1 fully saturated rings. The molecular weight excluding hydrogens is 190 g/mol. The number of rotatable bonds is 4. The average molecular weight is 207 g/mol. The van der Waals surface area contributed by atoms with E-state index in [0.29, 0.717) is 6.10 Å². The maximum atomic E-state index is 5.87. The molecule has 0 aliphatic heterocycles. The van der Waals surface area contributed by atoms with E-state index < -0.39 is 0 Å². The molecule has 0 atom stereocenters. The molecule has 1 aliphatic rings. The first-order valence-electron chi connectivity index (χ1n) is 5.44. The van der Waals surface area contributed by atoms with Crippen LogP contribution in [0.3, 0.4) is 0 Å². The van der Waals surface area contributed by atoms with Crippen molar-refractivity contribution in [3.63, 3.8) is 0 Å². The van der Waals surface area contributed by atoms with E-state index in [0.717, 1.165) is 11.4 Å². The van der Waals surface area contributed by atoms with Crippen molar-refractivity contribution < 1.29 is 9.57 Å². The van der Waals surface area contributed by atoms with Crippen LogP contribution in [0.15, 0.2) is 24.3 Å². The van der Waals surface area contributed by atoms with Crippen molar-refractivity contribution in [3.8, 4) is 5.75 Å². The van der Waals surface area contributed by atoms with Crippen LogP contribution in [-0.4, -0.2) is 13.2 Å². The predicted molar refractivity (Wildman–Crippen MR) is 60.0 cm³/mol. The van der Waals surface area contributed by atoms with Gasteiger partial charge in [0.15, 0.2) is 0 Å². The molecule has 0 heterocycles. The number of benzene rings is 1. The molecule has 15 heavy (non-hydrogen) atoms. The van der Waals surface area contributed by atoms with Crippen molar-refractivity contribution in [2.75, 3.05) is 12.6 Å². The van der Waals surface area contributed by atoms with Crippen LogP contribution < -0.4 is 10.2 Å². The lowest BCUT2D eigenvalue weighted by Crippen LogP contribution is -2.10. The molecular formula is C12H17NO2. The zero-order valence-electron chi connectivity index (χ0n) is 9.03. The van der Waals surface area contributed by atoms with Crippen molar-refractivity contribution in [2.45, 2.75) is 31.8 Å². The van der Waals surface area contributed by atoms with E-state index in [1.165, 1.54) is 25.7 Å². The molecule has 0 amide bonds. The summed E-state index contributed by atoms with van der Waals surface area (Å²) >= 11 is 0. The monoisotopic (exact) mass is 207 g/mol. The summed E-state index contributed by atoms with van der Waals surface area (Å²) in [7, 11) is 1.60. The first-order valence-corrected chi connectivity index (χ1v) is 5.44.